The highest BCUT2D eigenvalue weighted by atomic mass is 35.5. The van der Waals surface area contributed by atoms with Crippen LogP contribution in [-0.2, 0) is 0 Å². The van der Waals surface area contributed by atoms with Gasteiger partial charge in [0.2, 0.25) is 5.82 Å². The molecular weight excluding hydrogens is 328 g/mol. The predicted molar refractivity (Wildman–Crippen MR) is 92.8 cm³/mol. The Balaban J connectivity index is 1.69. The fourth-order valence-electron chi connectivity index (χ4n) is 2.16. The summed E-state index contributed by atoms with van der Waals surface area (Å²) in [5, 5.41) is 16.6. The Morgan fingerprint density at radius 2 is 2.04 bits per heavy atom. The SMILES string of the molecule is OCCCCNc1ccc(-c2nc(-c3cccc(Cl)c3)no2)cn1. The molecular formula is C17H17ClN4O2. The molecule has 24 heavy (non-hydrogen) atoms. The van der Waals surface area contributed by atoms with E-state index in [0.717, 1.165) is 36.3 Å². The topological polar surface area (TPSA) is 84.1 Å². The molecule has 0 bridgehead atoms. The van der Waals surface area contributed by atoms with Crippen LogP contribution in [0.3, 0.4) is 0 Å². The van der Waals surface area contributed by atoms with Crippen LogP contribution in [0.15, 0.2) is 47.1 Å². The third kappa shape index (κ3) is 4.10. The van der Waals surface area contributed by atoms with Crippen molar-refractivity contribution in [1.82, 2.24) is 15.1 Å². The fourth-order valence-corrected chi connectivity index (χ4v) is 2.35. The Morgan fingerprint density at radius 1 is 1.12 bits per heavy atom. The molecule has 0 fully saturated rings. The monoisotopic (exact) mass is 344 g/mol. The molecule has 6 nitrogen and oxygen atoms in total. The van der Waals surface area contributed by atoms with Gasteiger partial charge in [0.05, 0.1) is 5.56 Å². The van der Waals surface area contributed by atoms with E-state index in [1.165, 1.54) is 0 Å². The Hall–Kier alpha value is -2.44. The zero-order chi connectivity index (χ0) is 16.8. The van der Waals surface area contributed by atoms with Crippen LogP contribution in [-0.4, -0.2) is 33.4 Å². The summed E-state index contributed by atoms with van der Waals surface area (Å²) in [6, 6.07) is 11.0. The van der Waals surface area contributed by atoms with Gasteiger partial charge in [-0.15, -0.1) is 0 Å². The summed E-state index contributed by atoms with van der Waals surface area (Å²) in [6.45, 7) is 0.979. The maximum Gasteiger partial charge on any atom is 0.259 e. The molecule has 1 aromatic carbocycles. The molecule has 0 spiro atoms. The van der Waals surface area contributed by atoms with Crippen molar-refractivity contribution in [2.45, 2.75) is 12.8 Å². The van der Waals surface area contributed by atoms with Gasteiger partial charge in [-0.25, -0.2) is 4.98 Å². The molecule has 7 heteroatoms. The van der Waals surface area contributed by atoms with Gasteiger partial charge in [-0.3, -0.25) is 0 Å². The Labute approximate surface area is 144 Å². The second-order valence-corrected chi connectivity index (χ2v) is 5.66. The quantitative estimate of drug-likeness (QED) is 0.637. The number of nitrogens with one attached hydrogen (secondary N) is 1. The van der Waals surface area contributed by atoms with Crippen LogP contribution in [0.4, 0.5) is 5.82 Å². The summed E-state index contributed by atoms with van der Waals surface area (Å²) in [7, 11) is 0. The number of nitrogens with zero attached hydrogens (tertiary/aromatic N) is 3. The van der Waals surface area contributed by atoms with Gasteiger partial charge in [0, 0.05) is 29.9 Å². The van der Waals surface area contributed by atoms with E-state index in [1.54, 1.807) is 18.3 Å². The minimum absolute atomic E-state index is 0.209. The molecule has 2 aromatic heterocycles. The molecule has 0 unspecified atom stereocenters. The number of hydrogen-bond acceptors (Lipinski definition) is 6. The van der Waals surface area contributed by atoms with Gasteiger partial charge in [0.15, 0.2) is 0 Å². The van der Waals surface area contributed by atoms with Gasteiger partial charge in [-0.2, -0.15) is 4.98 Å². The first-order chi connectivity index (χ1) is 11.8. The van der Waals surface area contributed by atoms with Crippen LogP contribution in [0, 0.1) is 0 Å². The molecule has 0 atom stereocenters. The molecule has 0 saturated carbocycles. The van der Waals surface area contributed by atoms with Gasteiger partial charge in [-0.1, -0.05) is 28.9 Å². The van der Waals surface area contributed by atoms with Crippen LogP contribution in [0.25, 0.3) is 22.8 Å². The largest absolute Gasteiger partial charge is 0.396 e. The van der Waals surface area contributed by atoms with Crippen molar-refractivity contribution in [3.8, 4) is 22.8 Å². The summed E-state index contributed by atoms with van der Waals surface area (Å²) in [5.41, 5.74) is 1.55. The molecule has 3 rings (SSSR count). The van der Waals surface area contributed by atoms with E-state index in [-0.39, 0.29) is 6.61 Å². The minimum Gasteiger partial charge on any atom is -0.396 e. The number of aromatic nitrogens is 3. The molecule has 2 N–H and O–H groups in total. The Bertz CT molecular complexity index is 789. The van der Waals surface area contributed by atoms with Crippen LogP contribution in [0.1, 0.15) is 12.8 Å². The zero-order valence-electron chi connectivity index (χ0n) is 12.9. The number of hydrogen-bond donors (Lipinski definition) is 2. The van der Waals surface area contributed by atoms with E-state index in [1.807, 2.05) is 24.3 Å². The van der Waals surface area contributed by atoms with Gasteiger partial charge in [0.1, 0.15) is 5.82 Å². The number of pyridine rings is 1. The maximum absolute atomic E-state index is 8.75. The summed E-state index contributed by atoms with van der Waals surface area (Å²) < 4.78 is 5.31. The lowest BCUT2D eigenvalue weighted by atomic mass is 10.2. The van der Waals surface area contributed by atoms with Crippen molar-refractivity contribution in [2.75, 3.05) is 18.5 Å². The standard InChI is InChI=1S/C17H17ClN4O2/c18-14-5-3-4-12(10-14)16-21-17(24-22-16)13-6-7-15(20-11-13)19-8-1-2-9-23/h3-7,10-11,23H,1-2,8-9H2,(H,19,20). The number of aliphatic hydroxyl groups is 1. The van der Waals surface area contributed by atoms with Crippen LogP contribution in [0.5, 0.6) is 0 Å². The normalized spacial score (nSPS) is 10.8. The highest BCUT2D eigenvalue weighted by molar-refractivity contribution is 6.30. The maximum atomic E-state index is 8.75. The summed E-state index contributed by atoms with van der Waals surface area (Å²) in [6.07, 6.45) is 3.36. The zero-order valence-corrected chi connectivity index (χ0v) is 13.7. The van der Waals surface area contributed by atoms with Crippen molar-refractivity contribution < 1.29 is 9.63 Å². The lowest BCUT2D eigenvalue weighted by molar-refractivity contribution is 0.286. The van der Waals surface area contributed by atoms with E-state index in [9.17, 15) is 0 Å². The first-order valence-corrected chi connectivity index (χ1v) is 8.05. The van der Waals surface area contributed by atoms with E-state index in [0.29, 0.717) is 16.7 Å². The summed E-state index contributed by atoms with van der Waals surface area (Å²) in [4.78, 5) is 8.71. The fraction of sp³-hybridized carbons (Fsp3) is 0.235. The first-order valence-electron chi connectivity index (χ1n) is 7.67. The van der Waals surface area contributed by atoms with Crippen molar-refractivity contribution >= 4 is 17.4 Å². The molecule has 0 aliphatic heterocycles. The predicted octanol–water partition coefficient (Wildman–Crippen LogP) is 3.64. The molecule has 2 heterocycles. The van der Waals surface area contributed by atoms with Gasteiger partial charge < -0.3 is 14.9 Å². The number of halogens is 1. The summed E-state index contributed by atoms with van der Waals surface area (Å²) in [5.74, 6) is 1.66. The molecule has 124 valence electrons. The molecule has 0 aliphatic carbocycles. The van der Waals surface area contributed by atoms with Crippen molar-refractivity contribution in [3.63, 3.8) is 0 Å². The highest BCUT2D eigenvalue weighted by Crippen LogP contribution is 2.24. The molecule has 0 radical (unpaired) electrons. The lowest BCUT2D eigenvalue weighted by Crippen LogP contribution is -2.03. The van der Waals surface area contributed by atoms with E-state index >= 15 is 0 Å². The number of rotatable bonds is 7. The van der Waals surface area contributed by atoms with Gasteiger partial charge >= 0.3 is 0 Å². The van der Waals surface area contributed by atoms with E-state index in [2.05, 4.69) is 20.4 Å². The smallest absolute Gasteiger partial charge is 0.259 e. The van der Waals surface area contributed by atoms with Crippen molar-refractivity contribution in [1.29, 1.82) is 0 Å². The highest BCUT2D eigenvalue weighted by Gasteiger charge is 2.11. The third-order valence-electron chi connectivity index (χ3n) is 3.41. The average molecular weight is 345 g/mol. The van der Waals surface area contributed by atoms with E-state index in [4.69, 9.17) is 21.2 Å². The molecule has 3 aromatic rings. The van der Waals surface area contributed by atoms with E-state index < -0.39 is 0 Å². The average Bonchev–Trinajstić information content (AvgIpc) is 3.09. The Morgan fingerprint density at radius 3 is 2.79 bits per heavy atom. The third-order valence-corrected chi connectivity index (χ3v) is 3.65. The summed E-state index contributed by atoms with van der Waals surface area (Å²) >= 11 is 5.98. The molecule has 0 saturated heterocycles. The minimum atomic E-state index is 0.209. The van der Waals surface area contributed by atoms with Crippen molar-refractivity contribution in [3.05, 3.63) is 47.6 Å². The number of anilines is 1. The van der Waals surface area contributed by atoms with Crippen LogP contribution >= 0.6 is 11.6 Å². The van der Waals surface area contributed by atoms with Crippen molar-refractivity contribution in [2.24, 2.45) is 0 Å². The second kappa shape index (κ2) is 7.90. The van der Waals surface area contributed by atoms with Gasteiger partial charge in [-0.05, 0) is 37.1 Å². The van der Waals surface area contributed by atoms with Crippen LogP contribution < -0.4 is 5.32 Å². The Kier molecular flexibility index (Phi) is 5.40. The number of benzene rings is 1. The molecule has 0 amide bonds. The molecule has 0 aliphatic rings. The first kappa shape index (κ1) is 16.4. The lowest BCUT2D eigenvalue weighted by Gasteiger charge is -2.04. The van der Waals surface area contributed by atoms with Gasteiger partial charge in [0.25, 0.3) is 5.89 Å². The number of unbranched alkanes of at least 4 members (excludes halogenated alkanes) is 1. The van der Waals surface area contributed by atoms with Crippen LogP contribution in [0.2, 0.25) is 5.02 Å². The second-order valence-electron chi connectivity index (χ2n) is 5.22. The number of aliphatic hydroxyl groups excluding tert-OH is 1.